The lowest BCUT2D eigenvalue weighted by molar-refractivity contribution is -0.119. The maximum absolute atomic E-state index is 12.9. The summed E-state index contributed by atoms with van der Waals surface area (Å²) >= 11 is 0. The molecular formula is C23H31N3O2. The van der Waals surface area contributed by atoms with Gasteiger partial charge in [0, 0.05) is 43.6 Å². The standard InChI is InChI=1S/C23H31N3O2/c1-19(2)26(23(27)7-3-4-13-25-14-16-28-17-15-25)22-10-8-20(9-11-22)21-6-5-12-24-18-21/h5-6,8-12,18-19H,3-4,7,13-17H2,1-2H3. The molecule has 0 radical (unpaired) electrons. The molecule has 1 aromatic carbocycles. The molecular weight excluding hydrogens is 350 g/mol. The molecule has 0 aliphatic carbocycles. The Morgan fingerprint density at radius 2 is 1.86 bits per heavy atom. The Bertz CT molecular complexity index is 725. The Balaban J connectivity index is 1.55. The number of pyridine rings is 1. The molecule has 2 heterocycles. The van der Waals surface area contributed by atoms with Crippen molar-refractivity contribution in [3.05, 3.63) is 48.8 Å². The minimum Gasteiger partial charge on any atom is -0.379 e. The first-order chi connectivity index (χ1) is 13.6. The van der Waals surface area contributed by atoms with Crippen molar-refractivity contribution in [3.8, 4) is 11.1 Å². The van der Waals surface area contributed by atoms with Gasteiger partial charge in [0.1, 0.15) is 0 Å². The van der Waals surface area contributed by atoms with Crippen LogP contribution >= 0.6 is 0 Å². The molecule has 0 spiro atoms. The average Bonchev–Trinajstić information content (AvgIpc) is 2.73. The van der Waals surface area contributed by atoms with Gasteiger partial charge >= 0.3 is 0 Å². The van der Waals surface area contributed by atoms with Crippen LogP contribution in [0.4, 0.5) is 5.69 Å². The van der Waals surface area contributed by atoms with Crippen molar-refractivity contribution in [2.45, 2.75) is 39.2 Å². The van der Waals surface area contributed by atoms with Crippen molar-refractivity contribution in [1.29, 1.82) is 0 Å². The van der Waals surface area contributed by atoms with Gasteiger partial charge in [-0.25, -0.2) is 0 Å². The second-order valence-electron chi connectivity index (χ2n) is 7.56. The highest BCUT2D eigenvalue weighted by Crippen LogP contribution is 2.24. The number of amides is 1. The monoisotopic (exact) mass is 381 g/mol. The van der Waals surface area contributed by atoms with E-state index in [4.69, 9.17) is 4.74 Å². The van der Waals surface area contributed by atoms with Crippen LogP contribution in [0.25, 0.3) is 11.1 Å². The lowest BCUT2D eigenvalue weighted by Crippen LogP contribution is -2.38. The summed E-state index contributed by atoms with van der Waals surface area (Å²) in [5, 5.41) is 0. The van der Waals surface area contributed by atoms with Gasteiger partial charge in [-0.05, 0) is 62.6 Å². The quantitative estimate of drug-likeness (QED) is 0.649. The van der Waals surface area contributed by atoms with Gasteiger partial charge in [-0.1, -0.05) is 18.2 Å². The first-order valence-electron chi connectivity index (χ1n) is 10.3. The number of hydrogen-bond donors (Lipinski definition) is 0. The summed E-state index contributed by atoms with van der Waals surface area (Å²) in [4.78, 5) is 21.4. The summed E-state index contributed by atoms with van der Waals surface area (Å²) < 4.78 is 5.38. The third-order valence-corrected chi connectivity index (χ3v) is 5.14. The van der Waals surface area contributed by atoms with Crippen LogP contribution in [-0.2, 0) is 9.53 Å². The van der Waals surface area contributed by atoms with Gasteiger partial charge in [-0.3, -0.25) is 14.7 Å². The molecule has 1 aliphatic heterocycles. The summed E-state index contributed by atoms with van der Waals surface area (Å²) in [6.45, 7) is 8.87. The van der Waals surface area contributed by atoms with Crippen LogP contribution in [0.5, 0.6) is 0 Å². The number of nitrogens with zero attached hydrogens (tertiary/aromatic N) is 3. The Morgan fingerprint density at radius 1 is 1.11 bits per heavy atom. The van der Waals surface area contributed by atoms with E-state index < -0.39 is 0 Å². The van der Waals surface area contributed by atoms with Crippen LogP contribution in [0.3, 0.4) is 0 Å². The predicted octanol–water partition coefficient (Wildman–Crippen LogP) is 3.99. The molecule has 1 fully saturated rings. The van der Waals surface area contributed by atoms with Gasteiger partial charge in [-0.2, -0.15) is 0 Å². The molecule has 0 bridgehead atoms. The van der Waals surface area contributed by atoms with Gasteiger partial charge in [0.25, 0.3) is 0 Å². The molecule has 0 atom stereocenters. The molecule has 0 unspecified atom stereocenters. The fourth-order valence-electron chi connectivity index (χ4n) is 3.63. The van der Waals surface area contributed by atoms with E-state index in [2.05, 4.69) is 35.9 Å². The van der Waals surface area contributed by atoms with E-state index >= 15 is 0 Å². The molecule has 2 aromatic rings. The second-order valence-corrected chi connectivity index (χ2v) is 7.56. The predicted molar refractivity (Wildman–Crippen MR) is 113 cm³/mol. The number of ether oxygens (including phenoxy) is 1. The number of hydrogen-bond acceptors (Lipinski definition) is 4. The summed E-state index contributed by atoms with van der Waals surface area (Å²) in [6, 6.07) is 12.3. The fraction of sp³-hybridized carbons (Fsp3) is 0.478. The Hall–Kier alpha value is -2.24. The van der Waals surface area contributed by atoms with Crippen molar-refractivity contribution >= 4 is 11.6 Å². The van der Waals surface area contributed by atoms with Crippen LogP contribution in [0, 0.1) is 0 Å². The number of carbonyl (C=O) groups excluding carboxylic acids is 1. The summed E-state index contributed by atoms with van der Waals surface area (Å²) in [5.41, 5.74) is 3.15. The van der Waals surface area contributed by atoms with E-state index in [0.717, 1.165) is 62.5 Å². The number of benzene rings is 1. The van der Waals surface area contributed by atoms with Crippen molar-refractivity contribution in [1.82, 2.24) is 9.88 Å². The van der Waals surface area contributed by atoms with Gasteiger partial charge in [-0.15, -0.1) is 0 Å². The van der Waals surface area contributed by atoms with Crippen LogP contribution < -0.4 is 4.90 Å². The first kappa shape index (κ1) is 20.5. The van der Waals surface area contributed by atoms with Crippen LogP contribution in [0.2, 0.25) is 0 Å². The third kappa shape index (κ3) is 5.63. The van der Waals surface area contributed by atoms with Crippen LogP contribution in [0.1, 0.15) is 33.1 Å². The highest BCUT2D eigenvalue weighted by Gasteiger charge is 2.19. The van der Waals surface area contributed by atoms with Crippen molar-refractivity contribution in [2.24, 2.45) is 0 Å². The molecule has 0 saturated carbocycles. The summed E-state index contributed by atoms with van der Waals surface area (Å²) in [7, 11) is 0. The minimum absolute atomic E-state index is 0.135. The summed E-state index contributed by atoms with van der Waals surface area (Å²) in [6.07, 6.45) is 6.20. The maximum Gasteiger partial charge on any atom is 0.227 e. The normalized spacial score (nSPS) is 15.0. The topological polar surface area (TPSA) is 45.7 Å². The highest BCUT2D eigenvalue weighted by atomic mass is 16.5. The average molecular weight is 382 g/mol. The highest BCUT2D eigenvalue weighted by molar-refractivity contribution is 5.94. The Labute approximate surface area is 168 Å². The van der Waals surface area contributed by atoms with E-state index in [9.17, 15) is 4.79 Å². The van der Waals surface area contributed by atoms with Crippen LogP contribution in [-0.4, -0.2) is 54.7 Å². The number of rotatable bonds is 8. The van der Waals surface area contributed by atoms with Crippen molar-refractivity contribution in [3.63, 3.8) is 0 Å². The molecule has 3 rings (SSSR count). The lowest BCUT2D eigenvalue weighted by Gasteiger charge is -2.28. The molecule has 1 aromatic heterocycles. The molecule has 5 heteroatoms. The largest absolute Gasteiger partial charge is 0.379 e. The second kappa shape index (κ2) is 10.3. The van der Waals surface area contributed by atoms with E-state index in [1.807, 2.05) is 35.4 Å². The smallest absolute Gasteiger partial charge is 0.227 e. The van der Waals surface area contributed by atoms with Gasteiger partial charge < -0.3 is 9.64 Å². The Kier molecular flexibility index (Phi) is 7.57. The van der Waals surface area contributed by atoms with E-state index in [-0.39, 0.29) is 11.9 Å². The SMILES string of the molecule is CC(C)N(C(=O)CCCCN1CCOCC1)c1ccc(-c2cccnc2)cc1. The van der Waals surface area contributed by atoms with Gasteiger partial charge in [0.15, 0.2) is 0 Å². The fourth-order valence-corrected chi connectivity index (χ4v) is 3.63. The van der Waals surface area contributed by atoms with Gasteiger partial charge in [0.05, 0.1) is 13.2 Å². The molecule has 28 heavy (non-hydrogen) atoms. The molecule has 150 valence electrons. The van der Waals surface area contributed by atoms with Crippen molar-refractivity contribution < 1.29 is 9.53 Å². The number of morpholine rings is 1. The first-order valence-corrected chi connectivity index (χ1v) is 10.3. The zero-order valence-electron chi connectivity index (χ0n) is 17.0. The van der Waals surface area contributed by atoms with Crippen molar-refractivity contribution in [2.75, 3.05) is 37.7 Å². The molecule has 1 amide bonds. The minimum atomic E-state index is 0.135. The molecule has 1 saturated heterocycles. The van der Waals surface area contributed by atoms with E-state index in [1.54, 1.807) is 6.20 Å². The molecule has 0 N–H and O–H groups in total. The summed E-state index contributed by atoms with van der Waals surface area (Å²) in [5.74, 6) is 0.200. The lowest BCUT2D eigenvalue weighted by atomic mass is 10.1. The Morgan fingerprint density at radius 3 is 2.50 bits per heavy atom. The maximum atomic E-state index is 12.9. The molecule has 5 nitrogen and oxygen atoms in total. The van der Waals surface area contributed by atoms with Crippen LogP contribution in [0.15, 0.2) is 48.8 Å². The number of aromatic nitrogens is 1. The number of carbonyl (C=O) groups is 1. The van der Waals surface area contributed by atoms with E-state index in [0.29, 0.717) is 6.42 Å². The van der Waals surface area contributed by atoms with E-state index in [1.165, 1.54) is 0 Å². The number of anilines is 1. The number of unbranched alkanes of at least 4 members (excludes halogenated alkanes) is 1. The third-order valence-electron chi connectivity index (χ3n) is 5.14. The van der Waals surface area contributed by atoms with Gasteiger partial charge in [0.2, 0.25) is 5.91 Å². The molecule has 1 aliphatic rings. The zero-order valence-corrected chi connectivity index (χ0v) is 17.0. The zero-order chi connectivity index (χ0) is 19.8.